The highest BCUT2D eigenvalue weighted by molar-refractivity contribution is 6.39. The Morgan fingerprint density at radius 2 is 1.67 bits per heavy atom. The van der Waals surface area contributed by atoms with Gasteiger partial charge in [-0.2, -0.15) is 18.3 Å². The summed E-state index contributed by atoms with van der Waals surface area (Å²) in [6, 6.07) is 14.0. The summed E-state index contributed by atoms with van der Waals surface area (Å²) in [4.78, 5) is 36.5. The molecule has 2 aromatic carbocycles. The minimum atomic E-state index is -4.80. The largest absolute Gasteiger partial charge is 0.480 e. The maximum Gasteiger partial charge on any atom is 0.451 e. The Balaban J connectivity index is 1.27. The molecular formula is C32H27Cl2F3N8O3. The normalized spacial score (nSPS) is 14.9. The predicted molar refractivity (Wildman–Crippen MR) is 175 cm³/mol. The van der Waals surface area contributed by atoms with Crippen molar-refractivity contribution < 1.29 is 27.9 Å². The van der Waals surface area contributed by atoms with Crippen molar-refractivity contribution in [1.29, 1.82) is 0 Å². The molecule has 1 atom stereocenters. The molecule has 0 radical (unpaired) electrons. The molecule has 0 spiro atoms. The number of fused-ring (bicyclic) bond motifs is 2. The molecule has 0 unspecified atom stereocenters. The molecule has 0 saturated carbocycles. The van der Waals surface area contributed by atoms with Crippen molar-refractivity contribution in [3.63, 3.8) is 0 Å². The van der Waals surface area contributed by atoms with E-state index in [0.717, 1.165) is 6.42 Å². The number of aromatic nitrogens is 5. The van der Waals surface area contributed by atoms with Gasteiger partial charge in [-0.15, -0.1) is 0 Å². The molecule has 0 saturated heterocycles. The van der Waals surface area contributed by atoms with E-state index in [2.05, 4.69) is 36.0 Å². The van der Waals surface area contributed by atoms with Crippen LogP contribution < -0.4 is 16.0 Å². The lowest BCUT2D eigenvalue weighted by Crippen LogP contribution is -2.49. The van der Waals surface area contributed by atoms with Crippen LogP contribution in [0.25, 0.3) is 22.2 Å². The van der Waals surface area contributed by atoms with E-state index >= 15 is 0 Å². The number of aryl methyl sites for hydroxylation is 1. The molecule has 248 valence electrons. The molecule has 6 rings (SSSR count). The Morgan fingerprint density at radius 1 is 0.979 bits per heavy atom. The van der Waals surface area contributed by atoms with E-state index in [9.17, 15) is 27.9 Å². The summed E-state index contributed by atoms with van der Waals surface area (Å²) in [7, 11) is 0. The molecule has 16 heteroatoms. The maximum atomic E-state index is 13.6. The van der Waals surface area contributed by atoms with Gasteiger partial charge in [0.15, 0.2) is 11.5 Å². The van der Waals surface area contributed by atoms with Crippen LogP contribution in [0.4, 0.5) is 30.4 Å². The van der Waals surface area contributed by atoms with Gasteiger partial charge in [-0.05, 0) is 57.0 Å². The van der Waals surface area contributed by atoms with Gasteiger partial charge < -0.3 is 15.7 Å². The highest BCUT2D eigenvalue weighted by atomic mass is 35.5. The number of anilines is 3. The summed E-state index contributed by atoms with van der Waals surface area (Å²) in [5, 5.41) is 23.1. The Kier molecular flexibility index (Phi) is 8.75. The van der Waals surface area contributed by atoms with E-state index in [4.69, 9.17) is 23.2 Å². The maximum absolute atomic E-state index is 13.6. The minimum Gasteiger partial charge on any atom is -0.480 e. The van der Waals surface area contributed by atoms with Gasteiger partial charge in [0, 0.05) is 23.9 Å². The monoisotopic (exact) mass is 698 g/mol. The summed E-state index contributed by atoms with van der Waals surface area (Å²) in [5.41, 5.74) is 1.11. The molecule has 4 heterocycles. The van der Waals surface area contributed by atoms with Crippen LogP contribution in [0, 0.1) is 0 Å². The first-order chi connectivity index (χ1) is 22.7. The lowest BCUT2D eigenvalue weighted by molar-refractivity contribution is -0.145. The standard InChI is InChI=1S/C32H27Cl2F3N8O3/c1-31(2,30(47)48)43-18-12-6-14-45-23(18)15-22(44-45)28(46)40-20-10-4-8-17(25(20)34)16-7-3-9-19(24(16)33)39-27-26-21(11-5-13-38-26)41-29(42-27)32(35,36)37/h3-5,7-11,13,15,18,43H,6,12,14H2,1-2H3,(H,40,46)(H,47,48)(H,39,41,42)/t18-/m1/s1. The van der Waals surface area contributed by atoms with Crippen molar-refractivity contribution in [2.45, 2.75) is 51.0 Å². The highest BCUT2D eigenvalue weighted by Gasteiger charge is 2.36. The van der Waals surface area contributed by atoms with Gasteiger partial charge in [0.25, 0.3) is 5.91 Å². The summed E-state index contributed by atoms with van der Waals surface area (Å²) in [6.07, 6.45) is -1.95. The van der Waals surface area contributed by atoms with Crippen LogP contribution in [0.15, 0.2) is 60.8 Å². The van der Waals surface area contributed by atoms with Crippen LogP contribution in [-0.2, 0) is 17.5 Å². The number of aliphatic carboxylic acids is 1. The number of benzene rings is 2. The average Bonchev–Trinajstić information content (AvgIpc) is 3.48. The Labute approximate surface area is 281 Å². The van der Waals surface area contributed by atoms with Gasteiger partial charge in [0.2, 0.25) is 5.82 Å². The van der Waals surface area contributed by atoms with E-state index in [1.807, 2.05) is 0 Å². The number of halogens is 5. The Morgan fingerprint density at radius 3 is 2.35 bits per heavy atom. The number of carbonyl (C=O) groups excluding carboxylic acids is 1. The van der Waals surface area contributed by atoms with Crippen molar-refractivity contribution in [3.8, 4) is 11.1 Å². The summed E-state index contributed by atoms with van der Waals surface area (Å²) < 4.78 is 42.4. The zero-order chi connectivity index (χ0) is 34.4. The van der Waals surface area contributed by atoms with E-state index < -0.39 is 29.4 Å². The number of hydrogen-bond donors (Lipinski definition) is 4. The van der Waals surface area contributed by atoms with Gasteiger partial charge in [-0.25, -0.2) is 9.97 Å². The average molecular weight is 700 g/mol. The number of amides is 1. The van der Waals surface area contributed by atoms with Crippen LogP contribution >= 0.6 is 23.2 Å². The fourth-order valence-corrected chi connectivity index (χ4v) is 5.96. The molecule has 3 aromatic heterocycles. The van der Waals surface area contributed by atoms with Crippen molar-refractivity contribution in [2.75, 3.05) is 10.6 Å². The molecule has 48 heavy (non-hydrogen) atoms. The number of hydrogen-bond acceptors (Lipinski definition) is 8. The van der Waals surface area contributed by atoms with E-state index in [1.165, 1.54) is 18.3 Å². The fraction of sp³-hybridized carbons (Fsp3) is 0.250. The van der Waals surface area contributed by atoms with Gasteiger partial charge in [-0.3, -0.25) is 24.6 Å². The van der Waals surface area contributed by atoms with Crippen LogP contribution in [0.1, 0.15) is 54.7 Å². The first-order valence-electron chi connectivity index (χ1n) is 14.7. The molecule has 0 bridgehead atoms. The number of rotatable bonds is 8. The van der Waals surface area contributed by atoms with Gasteiger partial charge >= 0.3 is 12.1 Å². The van der Waals surface area contributed by atoms with Crippen molar-refractivity contribution >= 4 is 63.3 Å². The van der Waals surface area contributed by atoms with Crippen LogP contribution in [0.2, 0.25) is 10.0 Å². The first-order valence-corrected chi connectivity index (χ1v) is 15.4. The first kappa shape index (κ1) is 33.1. The molecule has 0 aliphatic carbocycles. The zero-order valence-electron chi connectivity index (χ0n) is 25.4. The molecule has 0 fully saturated rings. The molecule has 1 aliphatic heterocycles. The van der Waals surface area contributed by atoms with Gasteiger partial charge in [0.1, 0.15) is 11.1 Å². The van der Waals surface area contributed by atoms with E-state index in [0.29, 0.717) is 29.8 Å². The van der Waals surface area contributed by atoms with Crippen molar-refractivity contribution in [2.24, 2.45) is 0 Å². The number of carboxylic acids is 1. The van der Waals surface area contributed by atoms with Crippen LogP contribution in [0.3, 0.4) is 0 Å². The number of pyridine rings is 1. The lowest BCUT2D eigenvalue weighted by Gasteiger charge is -2.31. The van der Waals surface area contributed by atoms with E-state index in [1.54, 1.807) is 61.0 Å². The third-order valence-corrected chi connectivity index (χ3v) is 8.64. The topological polar surface area (TPSA) is 147 Å². The molecule has 5 aromatic rings. The minimum absolute atomic E-state index is 0.00413. The second kappa shape index (κ2) is 12.7. The highest BCUT2D eigenvalue weighted by Crippen LogP contribution is 2.41. The summed E-state index contributed by atoms with van der Waals surface area (Å²) in [6.45, 7) is 3.72. The molecular weight excluding hydrogens is 672 g/mol. The van der Waals surface area contributed by atoms with Gasteiger partial charge in [-0.1, -0.05) is 47.5 Å². The quantitative estimate of drug-likeness (QED) is 0.129. The number of carboxylic acid groups (broad SMARTS) is 1. The van der Waals surface area contributed by atoms with Crippen LogP contribution in [0.5, 0.6) is 0 Å². The van der Waals surface area contributed by atoms with Gasteiger partial charge in [0.05, 0.1) is 38.7 Å². The molecule has 1 amide bonds. The number of carbonyl (C=O) groups is 2. The van der Waals surface area contributed by atoms with E-state index in [-0.39, 0.29) is 50.0 Å². The van der Waals surface area contributed by atoms with Crippen molar-refractivity contribution in [1.82, 2.24) is 30.0 Å². The fourth-order valence-electron chi connectivity index (χ4n) is 5.41. The van der Waals surface area contributed by atoms with Crippen molar-refractivity contribution in [3.05, 3.63) is 88.1 Å². The smallest absolute Gasteiger partial charge is 0.451 e. The SMILES string of the molecule is CC(C)(N[C@@H]1CCCn2nc(C(=O)Nc3cccc(-c4cccc(Nc5nc(C(F)(F)F)nc6cccnc56)c4Cl)c3Cl)cc21)C(=O)O. The lowest BCUT2D eigenvalue weighted by atomic mass is 9.98. The number of nitrogens with one attached hydrogen (secondary N) is 3. The zero-order valence-corrected chi connectivity index (χ0v) is 26.9. The number of alkyl halides is 3. The molecule has 1 aliphatic rings. The second-order valence-corrected chi connectivity index (χ2v) is 12.4. The predicted octanol–water partition coefficient (Wildman–Crippen LogP) is 7.50. The summed E-state index contributed by atoms with van der Waals surface area (Å²) >= 11 is 13.6. The summed E-state index contributed by atoms with van der Waals surface area (Å²) in [5.74, 6) is -3.05. The number of nitrogens with zero attached hydrogens (tertiary/aromatic N) is 5. The van der Waals surface area contributed by atoms with Crippen LogP contribution in [-0.4, -0.2) is 47.3 Å². The molecule has 4 N–H and O–H groups in total. The third kappa shape index (κ3) is 6.50. The Hall–Kier alpha value is -4.79. The molecule has 11 nitrogen and oxygen atoms in total. The third-order valence-electron chi connectivity index (χ3n) is 7.83. The second-order valence-electron chi connectivity index (χ2n) is 11.6. The Bertz CT molecular complexity index is 2070.